The largest absolute Gasteiger partial charge is 0.444 e. The minimum Gasteiger partial charge on any atom is -0.444 e. The first kappa shape index (κ1) is 24.8. The quantitative estimate of drug-likeness (QED) is 0.558. The molecule has 10 heteroatoms. The Labute approximate surface area is 198 Å². The van der Waals surface area contributed by atoms with E-state index < -0.39 is 29.3 Å². The minimum absolute atomic E-state index is 0.0322. The van der Waals surface area contributed by atoms with E-state index in [2.05, 4.69) is 26.2 Å². The van der Waals surface area contributed by atoms with E-state index in [0.717, 1.165) is 12.1 Å². The minimum atomic E-state index is -4.42. The first-order chi connectivity index (χ1) is 15.3. The van der Waals surface area contributed by atoms with Gasteiger partial charge >= 0.3 is 12.3 Å². The number of pyridine rings is 1. The van der Waals surface area contributed by atoms with Crippen molar-refractivity contribution in [2.45, 2.75) is 39.1 Å². The van der Waals surface area contributed by atoms with Gasteiger partial charge in [0.05, 0.1) is 18.7 Å². The van der Waals surface area contributed by atoms with Gasteiger partial charge in [0.25, 0.3) is 0 Å². The molecule has 0 bridgehead atoms. The van der Waals surface area contributed by atoms with Crippen molar-refractivity contribution in [1.29, 1.82) is 0 Å². The Kier molecular flexibility index (Phi) is 7.16. The van der Waals surface area contributed by atoms with Crippen molar-refractivity contribution >= 4 is 33.5 Å². The van der Waals surface area contributed by atoms with Crippen LogP contribution in [-0.2, 0) is 22.3 Å². The van der Waals surface area contributed by atoms with Gasteiger partial charge in [-0.25, -0.2) is 9.78 Å². The van der Waals surface area contributed by atoms with Crippen molar-refractivity contribution < 1.29 is 27.5 Å². The predicted octanol–water partition coefficient (Wildman–Crippen LogP) is 5.18. The molecule has 0 radical (unpaired) electrons. The molecule has 2 aromatic rings. The second-order valence-electron chi connectivity index (χ2n) is 8.51. The molecule has 0 spiro atoms. The molecule has 2 amide bonds. The topological polar surface area (TPSA) is 71.5 Å². The average Bonchev–Trinajstić information content (AvgIpc) is 3.16. The maximum atomic E-state index is 13.0. The molecular formula is C23H23BrF3N3O3. The molecule has 0 saturated heterocycles. The number of amides is 2. The number of aromatic nitrogens is 1. The van der Waals surface area contributed by atoms with Gasteiger partial charge in [-0.15, -0.1) is 0 Å². The van der Waals surface area contributed by atoms with Crippen LogP contribution < -0.4 is 5.32 Å². The van der Waals surface area contributed by atoms with Gasteiger partial charge < -0.3 is 10.1 Å². The highest BCUT2D eigenvalue weighted by Crippen LogP contribution is 2.32. The van der Waals surface area contributed by atoms with Crippen molar-refractivity contribution in [1.82, 2.24) is 15.2 Å². The van der Waals surface area contributed by atoms with Gasteiger partial charge in [-0.2, -0.15) is 13.2 Å². The zero-order valence-electron chi connectivity index (χ0n) is 18.3. The maximum Gasteiger partial charge on any atom is 0.416 e. The van der Waals surface area contributed by atoms with E-state index in [1.54, 1.807) is 39.1 Å². The summed E-state index contributed by atoms with van der Waals surface area (Å²) in [4.78, 5) is 31.3. The SMILES string of the molecule is CC(C)(C)OC(=O)N1CC(C(=O)NCc2ccc(C(F)(F)F)cc2)=C(c2cccnc2Br)C1. The van der Waals surface area contributed by atoms with E-state index in [0.29, 0.717) is 26.9 Å². The van der Waals surface area contributed by atoms with E-state index in [-0.39, 0.29) is 19.6 Å². The summed E-state index contributed by atoms with van der Waals surface area (Å²) in [7, 11) is 0. The average molecular weight is 526 g/mol. The number of alkyl halides is 3. The van der Waals surface area contributed by atoms with Crippen LogP contribution in [0.1, 0.15) is 37.5 Å². The van der Waals surface area contributed by atoms with Crippen LogP contribution >= 0.6 is 15.9 Å². The number of hydrogen-bond acceptors (Lipinski definition) is 4. The third-order valence-corrected chi connectivity index (χ3v) is 5.44. The lowest BCUT2D eigenvalue weighted by molar-refractivity contribution is -0.137. The highest BCUT2D eigenvalue weighted by molar-refractivity contribution is 9.10. The van der Waals surface area contributed by atoms with Gasteiger partial charge in [-0.3, -0.25) is 9.69 Å². The van der Waals surface area contributed by atoms with Crippen molar-refractivity contribution in [3.05, 3.63) is 69.5 Å². The highest BCUT2D eigenvalue weighted by atomic mass is 79.9. The summed E-state index contributed by atoms with van der Waals surface area (Å²) in [6.45, 7) is 5.49. The number of carbonyl (C=O) groups excluding carboxylic acids is 2. The normalized spacial score (nSPS) is 14.5. The standard InChI is InChI=1S/C23H23BrF3N3O3/c1-22(2,3)33-21(32)30-12-17(16-5-4-10-28-19(16)24)18(13-30)20(31)29-11-14-6-8-15(9-7-14)23(25,26)27/h4-10H,11-13H2,1-3H3,(H,29,31). The summed E-state index contributed by atoms with van der Waals surface area (Å²) in [5.74, 6) is -0.424. The molecule has 0 unspecified atom stereocenters. The third kappa shape index (κ3) is 6.34. The van der Waals surface area contributed by atoms with E-state index >= 15 is 0 Å². The number of nitrogens with zero attached hydrogens (tertiary/aromatic N) is 2. The zero-order chi connectivity index (χ0) is 24.4. The Morgan fingerprint density at radius 1 is 1.12 bits per heavy atom. The fourth-order valence-electron chi connectivity index (χ4n) is 3.25. The van der Waals surface area contributed by atoms with Crippen molar-refractivity contribution in [2.24, 2.45) is 0 Å². The van der Waals surface area contributed by atoms with Crippen LogP contribution in [-0.4, -0.2) is 40.6 Å². The number of rotatable bonds is 4. The molecular weight excluding hydrogens is 503 g/mol. The second-order valence-corrected chi connectivity index (χ2v) is 9.26. The maximum absolute atomic E-state index is 13.0. The van der Waals surface area contributed by atoms with E-state index in [4.69, 9.17) is 4.74 Å². The van der Waals surface area contributed by atoms with Crippen LogP contribution in [0.2, 0.25) is 0 Å². The fourth-order valence-corrected chi connectivity index (χ4v) is 3.74. The van der Waals surface area contributed by atoms with Gasteiger partial charge in [0.1, 0.15) is 10.2 Å². The first-order valence-corrected chi connectivity index (χ1v) is 10.9. The zero-order valence-corrected chi connectivity index (χ0v) is 19.9. The Balaban J connectivity index is 1.80. The molecule has 0 fully saturated rings. The Morgan fingerprint density at radius 2 is 1.79 bits per heavy atom. The summed E-state index contributed by atoms with van der Waals surface area (Å²) in [6.07, 6.45) is -3.38. The van der Waals surface area contributed by atoms with Crippen LogP contribution in [0.5, 0.6) is 0 Å². The smallest absolute Gasteiger partial charge is 0.416 e. The van der Waals surface area contributed by atoms with Crippen LogP contribution in [0.3, 0.4) is 0 Å². The summed E-state index contributed by atoms with van der Waals surface area (Å²) in [5, 5.41) is 2.73. The summed E-state index contributed by atoms with van der Waals surface area (Å²) in [5.41, 5.74) is 0.714. The number of benzene rings is 1. The Morgan fingerprint density at radius 3 is 2.36 bits per heavy atom. The van der Waals surface area contributed by atoms with Crippen LogP contribution in [0.15, 0.2) is 52.8 Å². The molecule has 0 saturated carbocycles. The van der Waals surface area contributed by atoms with Gasteiger partial charge in [-0.05, 0) is 66.0 Å². The Hall–Kier alpha value is -2.88. The molecule has 3 rings (SSSR count). The van der Waals surface area contributed by atoms with Gasteiger partial charge in [0.15, 0.2) is 0 Å². The van der Waals surface area contributed by atoms with Crippen molar-refractivity contribution in [3.63, 3.8) is 0 Å². The monoisotopic (exact) mass is 525 g/mol. The van der Waals surface area contributed by atoms with Crippen LogP contribution in [0.25, 0.3) is 5.57 Å². The molecule has 33 heavy (non-hydrogen) atoms. The molecule has 1 aliphatic rings. The molecule has 6 nitrogen and oxygen atoms in total. The van der Waals surface area contributed by atoms with E-state index in [1.807, 2.05) is 0 Å². The molecule has 1 aromatic carbocycles. The molecule has 1 aliphatic heterocycles. The molecule has 2 heterocycles. The van der Waals surface area contributed by atoms with E-state index in [9.17, 15) is 22.8 Å². The third-order valence-electron chi connectivity index (χ3n) is 4.81. The lowest BCUT2D eigenvalue weighted by atomic mass is 10.0. The number of nitrogens with one attached hydrogen (secondary N) is 1. The molecule has 1 aromatic heterocycles. The highest BCUT2D eigenvalue weighted by Gasteiger charge is 2.34. The van der Waals surface area contributed by atoms with Gasteiger partial charge in [-0.1, -0.05) is 18.2 Å². The summed E-state index contributed by atoms with van der Waals surface area (Å²) in [6, 6.07) is 8.09. The fraction of sp³-hybridized carbons (Fsp3) is 0.348. The second kappa shape index (κ2) is 9.54. The molecule has 176 valence electrons. The molecule has 0 atom stereocenters. The van der Waals surface area contributed by atoms with Gasteiger partial charge in [0, 0.05) is 23.9 Å². The first-order valence-electron chi connectivity index (χ1n) is 10.1. The number of hydrogen-bond donors (Lipinski definition) is 1. The van der Waals surface area contributed by atoms with Crippen molar-refractivity contribution in [3.8, 4) is 0 Å². The summed E-state index contributed by atoms with van der Waals surface area (Å²) < 4.78 is 44.2. The van der Waals surface area contributed by atoms with Crippen LogP contribution in [0.4, 0.5) is 18.0 Å². The number of ether oxygens (including phenoxy) is 1. The summed E-state index contributed by atoms with van der Waals surface area (Å²) >= 11 is 3.38. The number of halogens is 4. The molecule has 0 aliphatic carbocycles. The molecule has 1 N–H and O–H groups in total. The Bertz CT molecular complexity index is 1080. The number of carbonyl (C=O) groups is 2. The lowest BCUT2D eigenvalue weighted by Crippen LogP contribution is -2.36. The van der Waals surface area contributed by atoms with E-state index in [1.165, 1.54) is 17.0 Å². The predicted molar refractivity (Wildman–Crippen MR) is 120 cm³/mol. The van der Waals surface area contributed by atoms with Crippen LogP contribution in [0, 0.1) is 0 Å². The lowest BCUT2D eigenvalue weighted by Gasteiger charge is -2.24. The van der Waals surface area contributed by atoms with Gasteiger partial charge in [0.2, 0.25) is 5.91 Å². The van der Waals surface area contributed by atoms with Crippen molar-refractivity contribution in [2.75, 3.05) is 13.1 Å².